The molecule has 2 N–H and O–H groups in total. The summed E-state index contributed by atoms with van der Waals surface area (Å²) in [5.74, 6) is 0. The summed E-state index contributed by atoms with van der Waals surface area (Å²) in [6.07, 6.45) is 0. The summed E-state index contributed by atoms with van der Waals surface area (Å²) in [5, 5.41) is 13.5. The van der Waals surface area contributed by atoms with Gasteiger partial charge in [0.1, 0.15) is 6.07 Å². The van der Waals surface area contributed by atoms with Crippen LogP contribution in [0, 0.1) is 11.3 Å². The Balaban J connectivity index is 3.41. The van der Waals surface area contributed by atoms with Crippen molar-refractivity contribution < 1.29 is 8.42 Å². The minimum Gasteiger partial charge on any atom is -0.225 e. The Labute approximate surface area is 84.2 Å². The fraction of sp³-hybridized carbons (Fsp3) is 0. The zero-order valence-corrected chi connectivity index (χ0v) is 8.76. The number of hydrogen-bond acceptors (Lipinski definition) is 3. The summed E-state index contributed by atoms with van der Waals surface area (Å²) in [6, 6.07) is 5.87. The fourth-order valence-corrected chi connectivity index (χ4v) is 1.64. The van der Waals surface area contributed by atoms with E-state index in [-0.39, 0.29) is 10.5 Å². The highest BCUT2D eigenvalue weighted by Gasteiger charge is 2.09. The second kappa shape index (κ2) is 3.46. The van der Waals surface area contributed by atoms with Crippen molar-refractivity contribution in [3.8, 4) is 6.07 Å². The molecule has 6 heteroatoms. The summed E-state index contributed by atoms with van der Waals surface area (Å²) >= 11 is 3.10. The number of sulfonamides is 1. The van der Waals surface area contributed by atoms with Gasteiger partial charge in [0.2, 0.25) is 10.0 Å². The van der Waals surface area contributed by atoms with Gasteiger partial charge in [0.15, 0.2) is 0 Å². The van der Waals surface area contributed by atoms with Crippen molar-refractivity contribution in [2.45, 2.75) is 4.90 Å². The molecule has 0 spiro atoms. The largest absolute Gasteiger partial charge is 0.238 e. The van der Waals surface area contributed by atoms with Crippen LogP contribution in [0.4, 0.5) is 0 Å². The van der Waals surface area contributed by atoms with Crippen LogP contribution in [-0.4, -0.2) is 8.42 Å². The van der Waals surface area contributed by atoms with Crippen LogP contribution in [-0.2, 0) is 10.0 Å². The number of hydrogen-bond donors (Lipinski definition) is 1. The first-order valence-electron chi connectivity index (χ1n) is 3.17. The Morgan fingerprint density at radius 2 is 2.08 bits per heavy atom. The monoisotopic (exact) mass is 260 g/mol. The predicted octanol–water partition coefficient (Wildman–Crippen LogP) is 0.968. The summed E-state index contributed by atoms with van der Waals surface area (Å²) in [5.41, 5.74) is 0.242. The van der Waals surface area contributed by atoms with Crippen molar-refractivity contribution in [3.05, 3.63) is 28.2 Å². The van der Waals surface area contributed by atoms with Crippen molar-refractivity contribution in [2.24, 2.45) is 5.14 Å². The third kappa shape index (κ3) is 2.28. The number of primary sulfonamides is 1. The van der Waals surface area contributed by atoms with Gasteiger partial charge >= 0.3 is 0 Å². The van der Waals surface area contributed by atoms with Crippen molar-refractivity contribution in [1.29, 1.82) is 5.26 Å². The van der Waals surface area contributed by atoms with Crippen LogP contribution < -0.4 is 5.14 Å². The second-order valence-electron chi connectivity index (χ2n) is 2.30. The van der Waals surface area contributed by atoms with Gasteiger partial charge in [-0.25, -0.2) is 13.6 Å². The van der Waals surface area contributed by atoms with E-state index in [4.69, 9.17) is 10.4 Å². The number of benzene rings is 1. The Hall–Kier alpha value is -0.900. The highest BCUT2D eigenvalue weighted by molar-refractivity contribution is 9.10. The Morgan fingerprint density at radius 3 is 2.54 bits per heavy atom. The third-order valence-corrected chi connectivity index (χ3v) is 2.99. The van der Waals surface area contributed by atoms with Crippen molar-refractivity contribution in [1.82, 2.24) is 0 Å². The van der Waals surface area contributed by atoms with Gasteiger partial charge in [0.25, 0.3) is 0 Å². The average molecular weight is 261 g/mol. The molecular weight excluding hydrogens is 256 g/mol. The molecule has 68 valence electrons. The Morgan fingerprint density at radius 1 is 1.46 bits per heavy atom. The molecule has 0 aliphatic rings. The Kier molecular flexibility index (Phi) is 2.71. The zero-order valence-electron chi connectivity index (χ0n) is 6.36. The molecule has 1 aromatic rings. The minimum absolute atomic E-state index is 0.0627. The molecule has 0 unspecified atom stereocenters. The van der Waals surface area contributed by atoms with Gasteiger partial charge in [0.05, 0.1) is 10.5 Å². The average Bonchev–Trinajstić information content (AvgIpc) is 2.03. The maximum Gasteiger partial charge on any atom is 0.238 e. The summed E-state index contributed by atoms with van der Waals surface area (Å²) < 4.78 is 22.3. The van der Waals surface area contributed by atoms with E-state index in [1.165, 1.54) is 18.2 Å². The molecule has 0 aromatic heterocycles. The van der Waals surface area contributed by atoms with Gasteiger partial charge < -0.3 is 0 Å². The number of nitriles is 1. The lowest BCUT2D eigenvalue weighted by atomic mass is 10.2. The number of nitrogens with two attached hydrogens (primary N) is 1. The van der Waals surface area contributed by atoms with E-state index in [1.54, 1.807) is 0 Å². The zero-order chi connectivity index (χ0) is 10.1. The Bertz CT molecular complexity index is 476. The second-order valence-corrected chi connectivity index (χ2v) is 4.71. The molecule has 1 aromatic carbocycles. The van der Waals surface area contributed by atoms with Gasteiger partial charge in [-0.2, -0.15) is 5.26 Å². The molecule has 0 radical (unpaired) electrons. The van der Waals surface area contributed by atoms with Crippen LogP contribution in [0.15, 0.2) is 27.6 Å². The predicted molar refractivity (Wildman–Crippen MR) is 50.2 cm³/mol. The van der Waals surface area contributed by atoms with Gasteiger partial charge in [-0.15, -0.1) is 0 Å². The first-order chi connectivity index (χ1) is 5.95. The molecule has 0 heterocycles. The lowest BCUT2D eigenvalue weighted by Gasteiger charge is -1.99. The lowest BCUT2D eigenvalue weighted by molar-refractivity contribution is 0.598. The molecule has 1 rings (SSSR count). The maximum atomic E-state index is 10.9. The van der Waals surface area contributed by atoms with Gasteiger partial charge in [-0.05, 0) is 34.1 Å². The summed E-state index contributed by atoms with van der Waals surface area (Å²) in [6.45, 7) is 0. The molecule has 4 nitrogen and oxygen atoms in total. The minimum atomic E-state index is -3.72. The molecular formula is C7H5BrN2O2S. The van der Waals surface area contributed by atoms with Crippen LogP contribution in [0.2, 0.25) is 0 Å². The van der Waals surface area contributed by atoms with Gasteiger partial charge in [-0.1, -0.05) is 0 Å². The fourth-order valence-electron chi connectivity index (χ4n) is 0.767. The molecule has 0 fully saturated rings. The van der Waals surface area contributed by atoms with Gasteiger partial charge in [0, 0.05) is 4.47 Å². The lowest BCUT2D eigenvalue weighted by Crippen LogP contribution is -2.12. The third-order valence-electron chi connectivity index (χ3n) is 1.39. The molecule has 0 saturated heterocycles. The molecule has 0 aliphatic carbocycles. The van der Waals surface area contributed by atoms with E-state index >= 15 is 0 Å². The van der Waals surface area contributed by atoms with Crippen LogP contribution >= 0.6 is 15.9 Å². The normalized spacial score (nSPS) is 10.8. The first-order valence-corrected chi connectivity index (χ1v) is 5.51. The van der Waals surface area contributed by atoms with Crippen LogP contribution in [0.25, 0.3) is 0 Å². The highest BCUT2D eigenvalue weighted by atomic mass is 79.9. The number of rotatable bonds is 1. The van der Waals surface area contributed by atoms with Crippen LogP contribution in [0.5, 0.6) is 0 Å². The van der Waals surface area contributed by atoms with Crippen molar-refractivity contribution in [3.63, 3.8) is 0 Å². The van der Waals surface area contributed by atoms with Gasteiger partial charge in [-0.3, -0.25) is 0 Å². The SMILES string of the molecule is N#Cc1cc(S(N)(=O)=O)ccc1Br. The molecule has 0 amide bonds. The summed E-state index contributed by atoms with van der Waals surface area (Å²) in [4.78, 5) is -0.0627. The number of halogens is 1. The highest BCUT2D eigenvalue weighted by Crippen LogP contribution is 2.19. The van der Waals surface area contributed by atoms with Crippen molar-refractivity contribution >= 4 is 26.0 Å². The van der Waals surface area contributed by atoms with Crippen LogP contribution in [0.3, 0.4) is 0 Å². The van der Waals surface area contributed by atoms with E-state index < -0.39 is 10.0 Å². The van der Waals surface area contributed by atoms with Crippen LogP contribution in [0.1, 0.15) is 5.56 Å². The first kappa shape index (κ1) is 10.2. The molecule has 0 saturated carbocycles. The smallest absolute Gasteiger partial charge is 0.225 e. The summed E-state index contributed by atoms with van der Waals surface area (Å²) in [7, 11) is -3.72. The van der Waals surface area contributed by atoms with E-state index in [0.29, 0.717) is 4.47 Å². The van der Waals surface area contributed by atoms with E-state index in [0.717, 1.165) is 0 Å². The molecule has 0 atom stereocenters. The standard InChI is InChI=1S/C7H5BrN2O2S/c8-7-2-1-6(13(10,11)12)3-5(7)4-9/h1-3H,(H2,10,11,12). The molecule has 0 bridgehead atoms. The van der Waals surface area contributed by atoms with E-state index in [9.17, 15) is 8.42 Å². The number of nitrogens with zero attached hydrogens (tertiary/aromatic N) is 1. The topological polar surface area (TPSA) is 83.9 Å². The van der Waals surface area contributed by atoms with Crippen molar-refractivity contribution in [2.75, 3.05) is 0 Å². The maximum absolute atomic E-state index is 10.9. The quantitative estimate of drug-likeness (QED) is 0.817. The molecule has 0 aliphatic heterocycles. The molecule has 13 heavy (non-hydrogen) atoms. The van der Waals surface area contributed by atoms with E-state index in [1.807, 2.05) is 6.07 Å². The van der Waals surface area contributed by atoms with E-state index in [2.05, 4.69) is 15.9 Å².